The van der Waals surface area contributed by atoms with Crippen LogP contribution in [0.15, 0.2) is 30.0 Å². The van der Waals surface area contributed by atoms with Crippen LogP contribution in [-0.4, -0.2) is 18.5 Å². The molecule has 1 aromatic rings. The van der Waals surface area contributed by atoms with Gasteiger partial charge in [0.25, 0.3) is 5.91 Å². The molecule has 1 aromatic carbocycles. The second-order valence-electron chi connectivity index (χ2n) is 3.61. The number of rotatable bonds is 5. The molecule has 110 valence electrons. The summed E-state index contributed by atoms with van der Waals surface area (Å²) >= 11 is 11.6. The number of nitrogens with zero attached hydrogens (tertiary/aromatic N) is 1. The van der Waals surface area contributed by atoms with Crippen LogP contribution in [0.2, 0.25) is 10.0 Å². The zero-order valence-electron chi connectivity index (χ0n) is 10.9. The van der Waals surface area contributed by atoms with Crippen molar-refractivity contribution >= 4 is 35.1 Å². The summed E-state index contributed by atoms with van der Waals surface area (Å²) in [5, 5.41) is 9.34. The molecule has 0 radical (unpaired) electrons. The number of halogens is 2. The second-order valence-corrected chi connectivity index (χ2v) is 4.46. The van der Waals surface area contributed by atoms with E-state index < -0.39 is 11.9 Å². The van der Waals surface area contributed by atoms with Gasteiger partial charge >= 0.3 is 5.97 Å². The number of nitrogens with one attached hydrogen (secondary N) is 2. The number of esters is 1. The number of benzene rings is 1. The lowest BCUT2D eigenvalue weighted by atomic mass is 10.2. The number of ether oxygens (including phenoxy) is 1. The minimum Gasteiger partial charge on any atom is -0.462 e. The third-order valence-electron chi connectivity index (χ3n) is 2.19. The van der Waals surface area contributed by atoms with Gasteiger partial charge in [0.1, 0.15) is 6.07 Å². The van der Waals surface area contributed by atoms with Crippen molar-refractivity contribution in [2.24, 2.45) is 0 Å². The summed E-state index contributed by atoms with van der Waals surface area (Å²) < 4.78 is 4.65. The molecule has 1 amide bonds. The normalized spacial score (nSPS) is 10.5. The summed E-state index contributed by atoms with van der Waals surface area (Å²) in [6.07, 6.45) is 1.02. The fourth-order valence-electron chi connectivity index (χ4n) is 1.26. The third kappa shape index (κ3) is 4.99. The molecular formula is C13H11Cl2N3O3. The molecule has 21 heavy (non-hydrogen) atoms. The first kappa shape index (κ1) is 16.8. The van der Waals surface area contributed by atoms with Crippen LogP contribution in [0.5, 0.6) is 0 Å². The van der Waals surface area contributed by atoms with Gasteiger partial charge in [0.2, 0.25) is 0 Å². The van der Waals surface area contributed by atoms with E-state index in [1.54, 1.807) is 19.1 Å². The lowest BCUT2D eigenvalue weighted by Gasteiger charge is -2.07. The lowest BCUT2D eigenvalue weighted by molar-refractivity contribution is -0.138. The number of hydrogen-bond acceptors (Lipinski definition) is 5. The van der Waals surface area contributed by atoms with Crippen LogP contribution in [0.4, 0.5) is 0 Å². The van der Waals surface area contributed by atoms with Crippen LogP contribution in [0.25, 0.3) is 0 Å². The average Bonchev–Trinajstić information content (AvgIpc) is 2.46. The standard InChI is InChI=1S/C13H11Cl2N3O3/c1-2-21-13(20)8(6-16)7-17-18-12(19)10-5-9(14)3-4-11(10)15/h3-5,7,17H,2H2,1H3,(H,18,19)/b8-7+. The van der Waals surface area contributed by atoms with Crippen molar-refractivity contribution < 1.29 is 14.3 Å². The number of hydrazine groups is 1. The van der Waals surface area contributed by atoms with Crippen molar-refractivity contribution in [3.63, 3.8) is 0 Å². The second kappa shape index (κ2) is 8.15. The summed E-state index contributed by atoms with van der Waals surface area (Å²) in [7, 11) is 0. The van der Waals surface area contributed by atoms with Crippen LogP contribution in [0.3, 0.4) is 0 Å². The molecule has 2 N–H and O–H groups in total. The Kier molecular flexibility index (Phi) is 6.53. The highest BCUT2D eigenvalue weighted by molar-refractivity contribution is 6.35. The van der Waals surface area contributed by atoms with Crippen molar-refractivity contribution in [1.29, 1.82) is 5.26 Å². The summed E-state index contributed by atoms with van der Waals surface area (Å²) in [5.41, 5.74) is 4.46. The Balaban J connectivity index is 2.70. The molecule has 0 saturated heterocycles. The summed E-state index contributed by atoms with van der Waals surface area (Å²) in [4.78, 5) is 23.2. The van der Waals surface area contributed by atoms with Gasteiger partial charge in [0.15, 0.2) is 5.57 Å². The topological polar surface area (TPSA) is 91.2 Å². The van der Waals surface area contributed by atoms with Crippen LogP contribution in [0, 0.1) is 11.3 Å². The van der Waals surface area contributed by atoms with Gasteiger partial charge in [-0.05, 0) is 25.1 Å². The van der Waals surface area contributed by atoms with E-state index in [1.807, 2.05) is 0 Å². The molecule has 0 aromatic heterocycles. The third-order valence-corrected chi connectivity index (χ3v) is 2.76. The molecule has 0 aliphatic heterocycles. The van der Waals surface area contributed by atoms with Crippen molar-refractivity contribution in [3.05, 3.63) is 45.6 Å². The number of amides is 1. The number of hydrogen-bond donors (Lipinski definition) is 2. The van der Waals surface area contributed by atoms with E-state index in [2.05, 4.69) is 15.6 Å². The van der Waals surface area contributed by atoms with Gasteiger partial charge in [-0.2, -0.15) is 5.26 Å². The van der Waals surface area contributed by atoms with E-state index in [9.17, 15) is 9.59 Å². The molecular weight excluding hydrogens is 317 g/mol. The van der Waals surface area contributed by atoms with Crippen molar-refractivity contribution in [2.75, 3.05) is 6.61 Å². The Bertz CT molecular complexity index is 624. The van der Waals surface area contributed by atoms with Gasteiger partial charge in [-0.1, -0.05) is 23.2 Å². The maximum atomic E-state index is 11.8. The summed E-state index contributed by atoms with van der Waals surface area (Å²) in [6.45, 7) is 1.76. The zero-order valence-corrected chi connectivity index (χ0v) is 12.5. The van der Waals surface area contributed by atoms with Crippen molar-refractivity contribution in [2.45, 2.75) is 6.92 Å². The van der Waals surface area contributed by atoms with E-state index in [0.717, 1.165) is 6.20 Å². The fraction of sp³-hybridized carbons (Fsp3) is 0.154. The van der Waals surface area contributed by atoms with Crippen LogP contribution in [0.1, 0.15) is 17.3 Å². The Morgan fingerprint density at radius 3 is 2.76 bits per heavy atom. The Morgan fingerprint density at radius 1 is 1.43 bits per heavy atom. The number of nitriles is 1. The molecule has 0 heterocycles. The molecule has 0 saturated carbocycles. The first-order valence-electron chi connectivity index (χ1n) is 5.78. The molecule has 1 rings (SSSR count). The van der Waals surface area contributed by atoms with E-state index in [4.69, 9.17) is 28.5 Å². The molecule has 0 aliphatic carbocycles. The van der Waals surface area contributed by atoms with Gasteiger partial charge in [0.05, 0.1) is 17.2 Å². The molecule has 0 bridgehead atoms. The molecule has 0 unspecified atom stereocenters. The van der Waals surface area contributed by atoms with Gasteiger partial charge in [-0.15, -0.1) is 0 Å². The predicted molar refractivity (Wildman–Crippen MR) is 77.4 cm³/mol. The lowest BCUT2D eigenvalue weighted by Crippen LogP contribution is -2.34. The number of carbonyl (C=O) groups is 2. The first-order chi connectivity index (χ1) is 9.99. The SMILES string of the molecule is CCOC(=O)/C(C#N)=C/NNC(=O)c1cc(Cl)ccc1Cl. The quantitative estimate of drug-likeness (QED) is 0.374. The highest BCUT2D eigenvalue weighted by Crippen LogP contribution is 2.20. The molecule has 0 fully saturated rings. The van der Waals surface area contributed by atoms with E-state index >= 15 is 0 Å². The smallest absolute Gasteiger partial charge is 0.350 e. The minimum atomic E-state index is -0.789. The highest BCUT2D eigenvalue weighted by Gasteiger charge is 2.12. The maximum Gasteiger partial charge on any atom is 0.350 e. The Labute approximate surface area is 131 Å². The molecule has 0 aliphatic rings. The summed E-state index contributed by atoms with van der Waals surface area (Å²) in [5.74, 6) is -1.36. The van der Waals surface area contributed by atoms with E-state index in [0.29, 0.717) is 5.02 Å². The van der Waals surface area contributed by atoms with Gasteiger partial charge in [-0.25, -0.2) is 4.79 Å². The van der Waals surface area contributed by atoms with Crippen molar-refractivity contribution in [3.8, 4) is 6.07 Å². The minimum absolute atomic E-state index is 0.141. The maximum absolute atomic E-state index is 11.8. The predicted octanol–water partition coefficient (Wildman–Crippen LogP) is 2.20. The fourth-order valence-corrected chi connectivity index (χ4v) is 1.63. The molecule has 6 nitrogen and oxygen atoms in total. The van der Waals surface area contributed by atoms with Gasteiger partial charge < -0.3 is 10.2 Å². The Hall–Kier alpha value is -2.23. The molecule has 0 atom stereocenters. The zero-order chi connectivity index (χ0) is 15.8. The molecule has 0 spiro atoms. The first-order valence-corrected chi connectivity index (χ1v) is 6.53. The van der Waals surface area contributed by atoms with Crippen molar-refractivity contribution in [1.82, 2.24) is 10.9 Å². The highest BCUT2D eigenvalue weighted by atomic mass is 35.5. The van der Waals surface area contributed by atoms with Crippen LogP contribution < -0.4 is 10.9 Å². The monoisotopic (exact) mass is 327 g/mol. The van der Waals surface area contributed by atoms with Gasteiger partial charge in [-0.3, -0.25) is 10.2 Å². The molecule has 8 heteroatoms. The van der Waals surface area contributed by atoms with Crippen LogP contribution in [-0.2, 0) is 9.53 Å². The largest absolute Gasteiger partial charge is 0.462 e. The average molecular weight is 328 g/mol. The van der Waals surface area contributed by atoms with E-state index in [-0.39, 0.29) is 22.8 Å². The number of carbonyl (C=O) groups excluding carboxylic acids is 2. The summed E-state index contributed by atoms with van der Waals surface area (Å²) in [6, 6.07) is 6.06. The van der Waals surface area contributed by atoms with Crippen LogP contribution >= 0.6 is 23.2 Å². The van der Waals surface area contributed by atoms with Gasteiger partial charge in [0, 0.05) is 11.2 Å². The van der Waals surface area contributed by atoms with E-state index in [1.165, 1.54) is 12.1 Å². The Morgan fingerprint density at radius 2 is 2.14 bits per heavy atom.